The van der Waals surface area contributed by atoms with E-state index in [4.69, 9.17) is 11.6 Å². The first-order valence-corrected chi connectivity index (χ1v) is 9.74. The van der Waals surface area contributed by atoms with Crippen LogP contribution in [-0.4, -0.2) is 34.3 Å². The van der Waals surface area contributed by atoms with E-state index in [0.29, 0.717) is 6.54 Å². The van der Waals surface area contributed by atoms with Gasteiger partial charge < -0.3 is 15.2 Å². The van der Waals surface area contributed by atoms with Gasteiger partial charge in [-0.25, -0.2) is 0 Å². The van der Waals surface area contributed by atoms with E-state index in [1.54, 1.807) is 7.05 Å². The van der Waals surface area contributed by atoms with Crippen LogP contribution in [0.25, 0.3) is 0 Å². The summed E-state index contributed by atoms with van der Waals surface area (Å²) in [5.74, 6) is 3.07. The van der Waals surface area contributed by atoms with E-state index >= 15 is 0 Å². The van der Waals surface area contributed by atoms with Gasteiger partial charge in [0.15, 0.2) is 5.96 Å². The van der Waals surface area contributed by atoms with Crippen LogP contribution < -0.4 is 10.6 Å². The van der Waals surface area contributed by atoms with E-state index in [1.807, 2.05) is 24.3 Å². The summed E-state index contributed by atoms with van der Waals surface area (Å²) in [5, 5.41) is 16.2. The first-order valence-electron chi connectivity index (χ1n) is 9.36. The molecule has 1 aromatic heterocycles. The minimum Gasteiger partial charge on any atom is -0.356 e. The summed E-state index contributed by atoms with van der Waals surface area (Å²) in [6, 6.07) is 7.84. The van der Waals surface area contributed by atoms with Crippen LogP contribution in [0.3, 0.4) is 0 Å². The molecule has 26 heavy (non-hydrogen) atoms. The van der Waals surface area contributed by atoms with Crippen LogP contribution in [0.15, 0.2) is 29.3 Å². The molecule has 2 N–H and O–H groups in total. The second-order valence-electron chi connectivity index (χ2n) is 6.58. The molecular weight excluding hydrogens is 348 g/mol. The van der Waals surface area contributed by atoms with Crippen LogP contribution in [0.4, 0.5) is 0 Å². The number of halogens is 1. The van der Waals surface area contributed by atoms with Crippen molar-refractivity contribution in [3.8, 4) is 0 Å². The van der Waals surface area contributed by atoms with Crippen molar-refractivity contribution in [2.45, 2.75) is 51.6 Å². The minimum absolute atomic E-state index is 0.692. The number of fused-ring (bicyclic) bond motifs is 1. The van der Waals surface area contributed by atoms with Gasteiger partial charge in [0, 0.05) is 44.5 Å². The van der Waals surface area contributed by atoms with Crippen molar-refractivity contribution in [1.29, 1.82) is 0 Å². The maximum Gasteiger partial charge on any atom is 0.191 e. The Morgan fingerprint density at radius 1 is 1.23 bits per heavy atom. The Balaban J connectivity index is 1.41. The molecule has 2 aromatic rings. The maximum absolute atomic E-state index is 6.02. The zero-order valence-corrected chi connectivity index (χ0v) is 16.1. The number of aliphatic imine (C=N–C) groups is 1. The van der Waals surface area contributed by atoms with Crippen LogP contribution in [0, 0.1) is 0 Å². The number of aromatic nitrogens is 3. The number of hydrogen-bond acceptors (Lipinski definition) is 3. The fourth-order valence-corrected chi connectivity index (χ4v) is 3.45. The smallest absolute Gasteiger partial charge is 0.191 e. The lowest BCUT2D eigenvalue weighted by molar-refractivity contribution is 0.594. The number of guanidine groups is 1. The van der Waals surface area contributed by atoms with Gasteiger partial charge in [-0.2, -0.15) is 0 Å². The molecule has 0 fully saturated rings. The van der Waals surface area contributed by atoms with Crippen molar-refractivity contribution in [2.24, 2.45) is 4.99 Å². The number of nitrogens with one attached hydrogen (secondary N) is 2. The Labute approximate surface area is 160 Å². The maximum atomic E-state index is 6.02. The van der Waals surface area contributed by atoms with Gasteiger partial charge >= 0.3 is 0 Å². The average Bonchev–Trinajstić information content (AvgIpc) is 2.87. The van der Waals surface area contributed by atoms with Gasteiger partial charge in [-0.1, -0.05) is 30.2 Å². The molecule has 3 rings (SSSR count). The Kier molecular flexibility index (Phi) is 6.89. The first-order chi connectivity index (χ1) is 12.8. The van der Waals surface area contributed by atoms with E-state index in [9.17, 15) is 0 Å². The lowest BCUT2D eigenvalue weighted by atomic mass is 10.2. The zero-order valence-electron chi connectivity index (χ0n) is 15.3. The number of rotatable bonds is 6. The van der Waals surface area contributed by atoms with Gasteiger partial charge in [-0.05, 0) is 37.0 Å². The molecule has 0 bridgehead atoms. The fraction of sp³-hybridized carbons (Fsp3) is 0.526. The van der Waals surface area contributed by atoms with Gasteiger partial charge in [-0.15, -0.1) is 10.2 Å². The number of hydrogen-bond donors (Lipinski definition) is 2. The molecule has 6 nitrogen and oxygen atoms in total. The molecule has 0 spiro atoms. The van der Waals surface area contributed by atoms with E-state index in [0.717, 1.165) is 60.5 Å². The lowest BCUT2D eigenvalue weighted by Crippen LogP contribution is -2.37. The van der Waals surface area contributed by atoms with E-state index in [2.05, 4.69) is 30.4 Å². The Morgan fingerprint density at radius 3 is 3.00 bits per heavy atom. The van der Waals surface area contributed by atoms with Crippen molar-refractivity contribution in [3.05, 3.63) is 46.5 Å². The summed E-state index contributed by atoms with van der Waals surface area (Å²) in [6.07, 6.45) is 6.75. The monoisotopic (exact) mass is 374 g/mol. The van der Waals surface area contributed by atoms with E-state index in [1.165, 1.54) is 19.3 Å². The molecule has 2 heterocycles. The highest BCUT2D eigenvalue weighted by Gasteiger charge is 2.14. The Bertz CT molecular complexity index is 739. The minimum atomic E-state index is 0.692. The third-order valence-corrected chi connectivity index (χ3v) is 4.86. The molecule has 1 aromatic carbocycles. The number of benzene rings is 1. The van der Waals surface area contributed by atoms with Gasteiger partial charge in [0.2, 0.25) is 0 Å². The summed E-state index contributed by atoms with van der Waals surface area (Å²) in [5.41, 5.74) is 1.13. The molecule has 1 aliphatic heterocycles. The predicted octanol–water partition coefficient (Wildman–Crippen LogP) is 2.96. The molecule has 0 amide bonds. The highest BCUT2D eigenvalue weighted by atomic mass is 35.5. The first kappa shape index (κ1) is 18.7. The fourth-order valence-electron chi connectivity index (χ4n) is 3.24. The predicted molar refractivity (Wildman–Crippen MR) is 106 cm³/mol. The highest BCUT2D eigenvalue weighted by Crippen LogP contribution is 2.15. The summed E-state index contributed by atoms with van der Waals surface area (Å²) in [4.78, 5) is 4.27. The molecule has 140 valence electrons. The summed E-state index contributed by atoms with van der Waals surface area (Å²) in [6.45, 7) is 2.60. The zero-order chi connectivity index (χ0) is 18.2. The van der Waals surface area contributed by atoms with Crippen molar-refractivity contribution in [1.82, 2.24) is 25.4 Å². The summed E-state index contributed by atoms with van der Waals surface area (Å²) < 4.78 is 2.32. The van der Waals surface area contributed by atoms with Crippen LogP contribution in [0.1, 0.15) is 42.9 Å². The molecule has 0 radical (unpaired) electrons. The van der Waals surface area contributed by atoms with Crippen molar-refractivity contribution in [3.63, 3.8) is 0 Å². The van der Waals surface area contributed by atoms with Crippen molar-refractivity contribution >= 4 is 17.6 Å². The van der Waals surface area contributed by atoms with Gasteiger partial charge in [-0.3, -0.25) is 4.99 Å². The highest BCUT2D eigenvalue weighted by molar-refractivity contribution is 6.30. The average molecular weight is 375 g/mol. The molecule has 7 heteroatoms. The summed E-state index contributed by atoms with van der Waals surface area (Å²) in [7, 11) is 1.78. The largest absolute Gasteiger partial charge is 0.356 e. The molecule has 0 aliphatic carbocycles. The molecule has 0 unspecified atom stereocenters. The van der Waals surface area contributed by atoms with E-state index in [-0.39, 0.29) is 0 Å². The van der Waals surface area contributed by atoms with Gasteiger partial charge in [0.1, 0.15) is 11.6 Å². The SMILES string of the molecule is CN=C(NCCCc1nnc2n1CCCCC2)NCc1cccc(Cl)c1. The lowest BCUT2D eigenvalue weighted by Gasteiger charge is -2.12. The quantitative estimate of drug-likeness (QED) is 0.463. The topological polar surface area (TPSA) is 67.1 Å². The third kappa shape index (κ3) is 5.21. The molecule has 0 atom stereocenters. The Hall–Kier alpha value is -2.08. The van der Waals surface area contributed by atoms with Crippen LogP contribution >= 0.6 is 11.6 Å². The summed E-state index contributed by atoms with van der Waals surface area (Å²) >= 11 is 6.02. The van der Waals surface area contributed by atoms with E-state index < -0.39 is 0 Å². The van der Waals surface area contributed by atoms with Crippen molar-refractivity contribution in [2.75, 3.05) is 13.6 Å². The molecule has 0 saturated carbocycles. The normalized spacial score (nSPS) is 14.6. The Morgan fingerprint density at radius 2 is 2.15 bits per heavy atom. The van der Waals surface area contributed by atoms with Crippen LogP contribution in [0.5, 0.6) is 0 Å². The van der Waals surface area contributed by atoms with Crippen molar-refractivity contribution < 1.29 is 0 Å². The second-order valence-corrected chi connectivity index (χ2v) is 7.02. The third-order valence-electron chi connectivity index (χ3n) is 4.63. The number of nitrogens with zero attached hydrogens (tertiary/aromatic N) is 4. The standard InChI is InChI=1S/C19H27ClN6/c1-21-19(23-14-15-7-5-8-16(20)13-15)22-11-6-10-18-25-24-17-9-3-2-4-12-26(17)18/h5,7-8,13H,2-4,6,9-12,14H2,1H3,(H2,21,22,23). The molecule has 1 aliphatic rings. The number of aryl methyl sites for hydroxylation is 2. The van der Waals surface area contributed by atoms with Gasteiger partial charge in [0.25, 0.3) is 0 Å². The molecule has 0 saturated heterocycles. The van der Waals surface area contributed by atoms with Crippen LogP contribution in [-0.2, 0) is 25.9 Å². The second kappa shape index (κ2) is 9.57. The van der Waals surface area contributed by atoms with Gasteiger partial charge in [0.05, 0.1) is 0 Å². The molecular formula is C19H27ClN6. The van der Waals surface area contributed by atoms with Crippen LogP contribution in [0.2, 0.25) is 5.02 Å².